The quantitative estimate of drug-likeness (QED) is 0.787. The van der Waals surface area contributed by atoms with Crippen molar-refractivity contribution in [1.82, 2.24) is 4.90 Å². The highest BCUT2D eigenvalue weighted by Crippen LogP contribution is 2.31. The van der Waals surface area contributed by atoms with Crippen LogP contribution in [0.25, 0.3) is 0 Å². The molecule has 4 unspecified atom stereocenters. The third-order valence-corrected chi connectivity index (χ3v) is 4.13. The highest BCUT2D eigenvalue weighted by molar-refractivity contribution is 5.71. The summed E-state index contributed by atoms with van der Waals surface area (Å²) in [5.41, 5.74) is 0. The minimum absolute atomic E-state index is 0.0628. The van der Waals surface area contributed by atoms with Gasteiger partial charge in [0.15, 0.2) is 0 Å². The molecule has 92 valence electrons. The molecule has 4 heteroatoms. The average molecular weight is 227 g/mol. The van der Waals surface area contributed by atoms with E-state index in [1.54, 1.807) is 0 Å². The first-order valence-corrected chi connectivity index (χ1v) is 6.12. The van der Waals surface area contributed by atoms with Crippen LogP contribution in [0, 0.1) is 11.8 Å². The zero-order chi connectivity index (χ0) is 11.7. The SMILES string of the molecule is CC1CCC(N(C)C2COCC2C(=O)O)C1. The van der Waals surface area contributed by atoms with Gasteiger partial charge in [0.05, 0.1) is 19.1 Å². The summed E-state index contributed by atoms with van der Waals surface area (Å²) in [7, 11) is 2.05. The fourth-order valence-electron chi connectivity index (χ4n) is 3.00. The number of hydrogen-bond acceptors (Lipinski definition) is 3. The van der Waals surface area contributed by atoms with Gasteiger partial charge in [0.2, 0.25) is 0 Å². The molecule has 1 N–H and O–H groups in total. The molecule has 0 spiro atoms. The van der Waals surface area contributed by atoms with Crippen molar-refractivity contribution in [2.75, 3.05) is 20.3 Å². The molecule has 0 aromatic heterocycles. The Morgan fingerprint density at radius 1 is 1.38 bits per heavy atom. The smallest absolute Gasteiger partial charge is 0.310 e. The molecule has 1 heterocycles. The maximum Gasteiger partial charge on any atom is 0.310 e. The fraction of sp³-hybridized carbons (Fsp3) is 0.917. The van der Waals surface area contributed by atoms with E-state index >= 15 is 0 Å². The number of hydrogen-bond donors (Lipinski definition) is 1. The Morgan fingerprint density at radius 2 is 2.12 bits per heavy atom. The standard InChI is InChI=1S/C12H21NO3/c1-8-3-4-9(5-8)13(2)11-7-16-6-10(11)12(14)15/h8-11H,3-7H2,1-2H3,(H,14,15). The molecule has 16 heavy (non-hydrogen) atoms. The van der Waals surface area contributed by atoms with Crippen LogP contribution in [0.5, 0.6) is 0 Å². The molecule has 0 amide bonds. The monoisotopic (exact) mass is 227 g/mol. The van der Waals surface area contributed by atoms with Crippen LogP contribution < -0.4 is 0 Å². The van der Waals surface area contributed by atoms with Crippen molar-refractivity contribution >= 4 is 5.97 Å². The van der Waals surface area contributed by atoms with Crippen molar-refractivity contribution in [3.05, 3.63) is 0 Å². The lowest BCUT2D eigenvalue weighted by Crippen LogP contribution is -2.45. The Balaban J connectivity index is 1.98. The molecule has 0 radical (unpaired) electrons. The molecule has 1 aliphatic heterocycles. The van der Waals surface area contributed by atoms with Gasteiger partial charge in [-0.15, -0.1) is 0 Å². The van der Waals surface area contributed by atoms with Gasteiger partial charge in [-0.05, 0) is 32.2 Å². The third-order valence-electron chi connectivity index (χ3n) is 4.13. The number of aliphatic carboxylic acids is 1. The molecule has 2 rings (SSSR count). The first-order chi connectivity index (χ1) is 7.59. The van der Waals surface area contributed by atoms with E-state index < -0.39 is 5.97 Å². The molecule has 0 aromatic carbocycles. The van der Waals surface area contributed by atoms with Gasteiger partial charge in [0, 0.05) is 12.1 Å². The van der Waals surface area contributed by atoms with Crippen molar-refractivity contribution in [2.45, 2.75) is 38.3 Å². The molecule has 0 aromatic rings. The molecule has 2 fully saturated rings. The van der Waals surface area contributed by atoms with Crippen LogP contribution in [0.15, 0.2) is 0 Å². The summed E-state index contributed by atoms with van der Waals surface area (Å²) < 4.78 is 5.32. The number of carboxylic acid groups (broad SMARTS) is 1. The van der Waals surface area contributed by atoms with Gasteiger partial charge in [0.1, 0.15) is 0 Å². The van der Waals surface area contributed by atoms with E-state index in [-0.39, 0.29) is 12.0 Å². The maximum atomic E-state index is 11.1. The second kappa shape index (κ2) is 4.72. The van der Waals surface area contributed by atoms with E-state index in [0.717, 1.165) is 5.92 Å². The van der Waals surface area contributed by atoms with E-state index in [1.807, 2.05) is 0 Å². The third kappa shape index (κ3) is 2.23. The van der Waals surface area contributed by atoms with Crippen molar-refractivity contribution in [3.8, 4) is 0 Å². The minimum atomic E-state index is -0.722. The van der Waals surface area contributed by atoms with Crippen LogP contribution in [0.4, 0.5) is 0 Å². The maximum absolute atomic E-state index is 11.1. The first kappa shape index (κ1) is 11.9. The molecule has 0 bridgehead atoms. The van der Waals surface area contributed by atoms with Crippen LogP contribution in [0.2, 0.25) is 0 Å². The van der Waals surface area contributed by atoms with Crippen molar-refractivity contribution in [3.63, 3.8) is 0 Å². The Bertz CT molecular complexity index is 269. The lowest BCUT2D eigenvalue weighted by Gasteiger charge is -2.31. The summed E-state index contributed by atoms with van der Waals surface area (Å²) in [6.45, 7) is 3.21. The second-order valence-electron chi connectivity index (χ2n) is 5.29. The van der Waals surface area contributed by atoms with Crippen molar-refractivity contribution in [1.29, 1.82) is 0 Å². The normalized spacial score (nSPS) is 39.4. The van der Waals surface area contributed by atoms with E-state index in [1.165, 1.54) is 19.3 Å². The van der Waals surface area contributed by atoms with Gasteiger partial charge in [-0.2, -0.15) is 0 Å². The second-order valence-corrected chi connectivity index (χ2v) is 5.29. The summed E-state index contributed by atoms with van der Waals surface area (Å²) in [5, 5.41) is 9.12. The zero-order valence-electron chi connectivity index (χ0n) is 10.1. The Morgan fingerprint density at radius 3 is 2.69 bits per heavy atom. The largest absolute Gasteiger partial charge is 0.481 e. The van der Waals surface area contributed by atoms with Gasteiger partial charge >= 0.3 is 5.97 Å². The van der Waals surface area contributed by atoms with Crippen molar-refractivity contribution in [2.24, 2.45) is 11.8 Å². The summed E-state index contributed by atoms with van der Waals surface area (Å²) in [4.78, 5) is 13.3. The predicted octanol–water partition coefficient (Wildman–Crippen LogP) is 1.21. The highest BCUT2D eigenvalue weighted by atomic mass is 16.5. The summed E-state index contributed by atoms with van der Waals surface area (Å²) in [6, 6.07) is 0.608. The minimum Gasteiger partial charge on any atom is -0.481 e. The molecular weight excluding hydrogens is 206 g/mol. The Labute approximate surface area is 96.6 Å². The van der Waals surface area contributed by atoms with Gasteiger partial charge < -0.3 is 9.84 Å². The molecule has 4 atom stereocenters. The molecular formula is C12H21NO3. The lowest BCUT2D eigenvalue weighted by atomic mass is 10.0. The van der Waals surface area contributed by atoms with Gasteiger partial charge in [-0.1, -0.05) is 6.92 Å². The number of carboxylic acids is 1. The summed E-state index contributed by atoms with van der Waals surface area (Å²) in [6.07, 6.45) is 3.65. The van der Waals surface area contributed by atoms with Crippen LogP contribution in [0.3, 0.4) is 0 Å². The van der Waals surface area contributed by atoms with Crippen LogP contribution in [-0.2, 0) is 9.53 Å². The Kier molecular flexibility index (Phi) is 3.50. The zero-order valence-corrected chi connectivity index (χ0v) is 10.1. The fourth-order valence-corrected chi connectivity index (χ4v) is 3.00. The predicted molar refractivity (Wildman–Crippen MR) is 60.3 cm³/mol. The first-order valence-electron chi connectivity index (χ1n) is 6.12. The summed E-state index contributed by atoms with van der Waals surface area (Å²) >= 11 is 0. The molecule has 1 saturated carbocycles. The molecule has 1 aliphatic carbocycles. The summed E-state index contributed by atoms with van der Waals surface area (Å²) in [5.74, 6) is -0.292. The van der Waals surface area contributed by atoms with E-state index in [2.05, 4.69) is 18.9 Å². The average Bonchev–Trinajstić information content (AvgIpc) is 2.84. The van der Waals surface area contributed by atoms with Crippen LogP contribution in [-0.4, -0.2) is 48.3 Å². The van der Waals surface area contributed by atoms with Gasteiger partial charge in [-0.25, -0.2) is 0 Å². The van der Waals surface area contributed by atoms with Crippen LogP contribution >= 0.6 is 0 Å². The Hall–Kier alpha value is -0.610. The lowest BCUT2D eigenvalue weighted by molar-refractivity contribution is -0.143. The van der Waals surface area contributed by atoms with Crippen LogP contribution in [0.1, 0.15) is 26.2 Å². The number of ether oxygens (including phenoxy) is 1. The number of carbonyl (C=O) groups is 1. The molecule has 2 aliphatic rings. The van der Waals surface area contributed by atoms with E-state index in [4.69, 9.17) is 9.84 Å². The van der Waals surface area contributed by atoms with Crippen molar-refractivity contribution < 1.29 is 14.6 Å². The van der Waals surface area contributed by atoms with E-state index in [0.29, 0.717) is 19.3 Å². The van der Waals surface area contributed by atoms with Gasteiger partial charge in [0.25, 0.3) is 0 Å². The number of nitrogens with zero attached hydrogens (tertiary/aromatic N) is 1. The molecule has 1 saturated heterocycles. The number of likely N-dealkylation sites (N-methyl/N-ethyl adjacent to an activating group) is 1. The highest BCUT2D eigenvalue weighted by Gasteiger charge is 2.40. The van der Waals surface area contributed by atoms with E-state index in [9.17, 15) is 4.79 Å². The van der Waals surface area contributed by atoms with Gasteiger partial charge in [-0.3, -0.25) is 9.69 Å². The number of rotatable bonds is 3. The topological polar surface area (TPSA) is 49.8 Å². The molecule has 4 nitrogen and oxygen atoms in total.